The molecule has 1 saturated heterocycles. The number of nitrogens with zero attached hydrogens (tertiary/aromatic N) is 3. The van der Waals surface area contributed by atoms with Crippen LogP contribution in [-0.4, -0.2) is 40.4 Å². The van der Waals surface area contributed by atoms with Gasteiger partial charge in [0, 0.05) is 38.1 Å². The van der Waals surface area contributed by atoms with E-state index in [1.54, 1.807) is 12.4 Å². The van der Waals surface area contributed by atoms with Crippen LogP contribution in [0.3, 0.4) is 0 Å². The number of nitrogens with one attached hydrogen (secondary N) is 1. The van der Waals surface area contributed by atoms with E-state index in [4.69, 9.17) is 0 Å². The first-order chi connectivity index (χ1) is 10.2. The lowest BCUT2D eigenvalue weighted by Gasteiger charge is -2.34. The fraction of sp³-hybridized carbons (Fsp3) is 0.312. The van der Waals surface area contributed by atoms with Gasteiger partial charge in [0.15, 0.2) is 0 Å². The van der Waals surface area contributed by atoms with Gasteiger partial charge < -0.3 is 10.2 Å². The molecule has 1 aromatic heterocycles. The topological polar surface area (TPSA) is 58.1 Å². The third kappa shape index (κ3) is 3.61. The summed E-state index contributed by atoms with van der Waals surface area (Å²) in [5.74, 6) is 0.673. The zero-order chi connectivity index (χ0) is 14.7. The monoisotopic (exact) mass is 318 g/mol. The van der Waals surface area contributed by atoms with E-state index in [0.29, 0.717) is 24.5 Å². The Morgan fingerprint density at radius 2 is 1.91 bits per heavy atom. The Morgan fingerprint density at radius 1 is 1.23 bits per heavy atom. The van der Waals surface area contributed by atoms with Crippen molar-refractivity contribution in [2.45, 2.75) is 13.0 Å². The largest absolute Gasteiger partial charge is 0.335 e. The molecule has 1 aliphatic rings. The van der Waals surface area contributed by atoms with Gasteiger partial charge in [-0.3, -0.25) is 4.79 Å². The van der Waals surface area contributed by atoms with Crippen LogP contribution in [0, 0.1) is 6.92 Å². The molecule has 116 valence electrons. The Labute approximate surface area is 136 Å². The van der Waals surface area contributed by atoms with Gasteiger partial charge in [-0.1, -0.05) is 30.3 Å². The second kappa shape index (κ2) is 7.33. The molecule has 2 aromatic rings. The minimum atomic E-state index is -0.00238. The Bertz CT molecular complexity index is 618. The molecule has 0 saturated carbocycles. The molecule has 5 nitrogen and oxygen atoms in total. The zero-order valence-electron chi connectivity index (χ0n) is 12.4. The van der Waals surface area contributed by atoms with E-state index in [-0.39, 0.29) is 24.4 Å². The molecular formula is C16H19ClN4O. The van der Waals surface area contributed by atoms with Crippen molar-refractivity contribution >= 4 is 18.3 Å². The summed E-state index contributed by atoms with van der Waals surface area (Å²) < 4.78 is 0. The molecule has 6 heteroatoms. The number of amides is 1. The highest BCUT2D eigenvalue weighted by molar-refractivity contribution is 5.93. The van der Waals surface area contributed by atoms with Crippen molar-refractivity contribution < 1.29 is 4.79 Å². The molecule has 1 aromatic carbocycles. The van der Waals surface area contributed by atoms with Crippen LogP contribution < -0.4 is 5.32 Å². The third-order valence-corrected chi connectivity index (χ3v) is 3.69. The van der Waals surface area contributed by atoms with Gasteiger partial charge in [0.05, 0.1) is 5.56 Å². The standard InChI is InChI=1S/C16H18N4O.ClH/c1-12-18-9-14(10-19-12)16(21)20-8-7-17-15(11-20)13-5-3-2-4-6-13;/h2-6,9-10,15,17H,7-8,11H2,1H3;1H. The van der Waals surface area contributed by atoms with Crippen molar-refractivity contribution in [3.63, 3.8) is 0 Å². The number of halogens is 1. The average Bonchev–Trinajstić information content (AvgIpc) is 2.56. The van der Waals surface area contributed by atoms with Gasteiger partial charge in [-0.15, -0.1) is 12.4 Å². The first kappa shape index (κ1) is 16.4. The smallest absolute Gasteiger partial charge is 0.257 e. The lowest BCUT2D eigenvalue weighted by Crippen LogP contribution is -2.48. The van der Waals surface area contributed by atoms with Gasteiger partial charge in [0.1, 0.15) is 5.82 Å². The Kier molecular flexibility index (Phi) is 5.46. The average molecular weight is 319 g/mol. The van der Waals surface area contributed by atoms with Crippen LogP contribution in [-0.2, 0) is 0 Å². The molecule has 1 unspecified atom stereocenters. The highest BCUT2D eigenvalue weighted by Gasteiger charge is 2.25. The third-order valence-electron chi connectivity index (χ3n) is 3.69. The van der Waals surface area contributed by atoms with Crippen molar-refractivity contribution in [1.29, 1.82) is 0 Å². The van der Waals surface area contributed by atoms with Gasteiger partial charge in [-0.25, -0.2) is 9.97 Å². The van der Waals surface area contributed by atoms with Crippen molar-refractivity contribution in [3.05, 3.63) is 59.7 Å². The molecule has 1 amide bonds. The lowest BCUT2D eigenvalue weighted by molar-refractivity contribution is 0.0702. The van der Waals surface area contributed by atoms with Crippen LogP contribution >= 0.6 is 12.4 Å². The van der Waals surface area contributed by atoms with Gasteiger partial charge in [-0.2, -0.15) is 0 Å². The quantitative estimate of drug-likeness (QED) is 0.920. The first-order valence-electron chi connectivity index (χ1n) is 7.10. The summed E-state index contributed by atoms with van der Waals surface area (Å²) in [4.78, 5) is 22.6. The minimum Gasteiger partial charge on any atom is -0.335 e. The maximum atomic E-state index is 12.5. The zero-order valence-corrected chi connectivity index (χ0v) is 13.2. The molecule has 2 heterocycles. The summed E-state index contributed by atoms with van der Waals surface area (Å²) in [6.07, 6.45) is 3.20. The van der Waals surface area contributed by atoms with E-state index in [2.05, 4.69) is 27.4 Å². The molecular weight excluding hydrogens is 300 g/mol. The van der Waals surface area contributed by atoms with E-state index >= 15 is 0 Å². The van der Waals surface area contributed by atoms with Crippen molar-refractivity contribution in [1.82, 2.24) is 20.2 Å². The molecule has 0 radical (unpaired) electrons. The van der Waals surface area contributed by atoms with Crippen molar-refractivity contribution in [3.8, 4) is 0 Å². The summed E-state index contributed by atoms with van der Waals surface area (Å²) in [6.45, 7) is 3.97. The van der Waals surface area contributed by atoms with Crippen LogP contribution in [0.25, 0.3) is 0 Å². The Morgan fingerprint density at radius 3 is 2.59 bits per heavy atom. The molecule has 1 atom stereocenters. The van der Waals surface area contributed by atoms with E-state index in [9.17, 15) is 4.79 Å². The van der Waals surface area contributed by atoms with Crippen LogP contribution in [0.1, 0.15) is 27.8 Å². The number of carbonyl (C=O) groups is 1. The predicted molar refractivity (Wildman–Crippen MR) is 87.1 cm³/mol. The molecule has 3 rings (SSSR count). The van der Waals surface area contributed by atoms with Crippen LogP contribution in [0.2, 0.25) is 0 Å². The number of hydrogen-bond donors (Lipinski definition) is 1. The molecule has 0 bridgehead atoms. The molecule has 1 fully saturated rings. The van der Waals surface area contributed by atoms with E-state index in [1.807, 2.05) is 30.0 Å². The van der Waals surface area contributed by atoms with Crippen LogP contribution in [0.4, 0.5) is 0 Å². The number of aromatic nitrogens is 2. The van der Waals surface area contributed by atoms with Gasteiger partial charge in [0.2, 0.25) is 0 Å². The summed E-state index contributed by atoms with van der Waals surface area (Å²) in [5, 5.41) is 3.46. The predicted octanol–water partition coefficient (Wildman–Crippen LogP) is 1.99. The number of hydrogen-bond acceptors (Lipinski definition) is 4. The summed E-state index contributed by atoms with van der Waals surface area (Å²) in [5.41, 5.74) is 1.75. The molecule has 22 heavy (non-hydrogen) atoms. The summed E-state index contributed by atoms with van der Waals surface area (Å²) in [6, 6.07) is 10.4. The molecule has 0 aliphatic carbocycles. The maximum Gasteiger partial charge on any atom is 0.257 e. The molecule has 0 spiro atoms. The fourth-order valence-electron chi connectivity index (χ4n) is 2.53. The SMILES string of the molecule is Cc1ncc(C(=O)N2CCNC(c3ccccc3)C2)cn1.Cl. The van der Waals surface area contributed by atoms with Crippen LogP contribution in [0.5, 0.6) is 0 Å². The molecule has 1 aliphatic heterocycles. The number of aryl methyl sites for hydroxylation is 1. The van der Waals surface area contributed by atoms with Gasteiger partial charge in [0.25, 0.3) is 5.91 Å². The molecule has 1 N–H and O–H groups in total. The summed E-state index contributed by atoms with van der Waals surface area (Å²) >= 11 is 0. The van der Waals surface area contributed by atoms with E-state index in [1.165, 1.54) is 5.56 Å². The second-order valence-electron chi connectivity index (χ2n) is 5.19. The number of carbonyl (C=O) groups excluding carboxylic acids is 1. The Balaban J connectivity index is 0.00000176. The lowest BCUT2D eigenvalue weighted by atomic mass is 10.0. The minimum absolute atomic E-state index is 0. The van der Waals surface area contributed by atoms with Crippen molar-refractivity contribution in [2.24, 2.45) is 0 Å². The Hall–Kier alpha value is -1.98. The normalized spacial score (nSPS) is 17.7. The van der Waals surface area contributed by atoms with Crippen LogP contribution in [0.15, 0.2) is 42.7 Å². The van der Waals surface area contributed by atoms with Gasteiger partial charge in [-0.05, 0) is 12.5 Å². The highest BCUT2D eigenvalue weighted by Crippen LogP contribution is 2.18. The van der Waals surface area contributed by atoms with Gasteiger partial charge >= 0.3 is 0 Å². The maximum absolute atomic E-state index is 12.5. The number of piperazine rings is 1. The number of benzene rings is 1. The second-order valence-corrected chi connectivity index (χ2v) is 5.19. The van der Waals surface area contributed by atoms with Crippen molar-refractivity contribution in [2.75, 3.05) is 19.6 Å². The van der Waals surface area contributed by atoms with E-state index < -0.39 is 0 Å². The van der Waals surface area contributed by atoms with E-state index in [0.717, 1.165) is 6.54 Å². The first-order valence-corrected chi connectivity index (χ1v) is 7.10. The fourth-order valence-corrected chi connectivity index (χ4v) is 2.53. The summed E-state index contributed by atoms with van der Waals surface area (Å²) in [7, 11) is 0. The highest BCUT2D eigenvalue weighted by atomic mass is 35.5. The number of rotatable bonds is 2.